The Hall–Kier alpha value is -0.493. The minimum atomic E-state index is -0.111. The first-order valence-corrected chi connectivity index (χ1v) is 3.67. The fourth-order valence-corrected chi connectivity index (χ4v) is 1.54. The van der Waals surface area contributed by atoms with Crippen LogP contribution in [0.1, 0.15) is 0 Å². The summed E-state index contributed by atoms with van der Waals surface area (Å²) in [6, 6.07) is 7.44. The van der Waals surface area contributed by atoms with E-state index >= 15 is 0 Å². The fraction of sp³-hybridized carbons (Fsp3) is 0. The zero-order valence-corrected chi connectivity index (χ0v) is 6.89. The molecule has 0 N–H and O–H groups in total. The van der Waals surface area contributed by atoms with Crippen molar-refractivity contribution < 1.29 is 18.9 Å². The van der Waals surface area contributed by atoms with Crippen LogP contribution in [0, 0.1) is 0 Å². The van der Waals surface area contributed by atoms with Crippen LogP contribution in [0.3, 0.4) is 0 Å². The molecule has 0 radical (unpaired) electrons. The molecule has 1 heterocycles. The molecular weight excluding hydrogens is 153 g/mol. The second-order valence-electron chi connectivity index (χ2n) is 1.98. The van der Waals surface area contributed by atoms with Crippen LogP contribution in [0.2, 0.25) is 0 Å². The zero-order valence-electron chi connectivity index (χ0n) is 6.07. The van der Waals surface area contributed by atoms with Gasteiger partial charge >= 0.3 is 18.9 Å². The van der Waals surface area contributed by atoms with Gasteiger partial charge in [0.25, 0.3) is 0 Å². The Balaban J connectivity index is 0.000000605. The maximum absolute atomic E-state index is 10.9. The van der Waals surface area contributed by atoms with Gasteiger partial charge < -0.3 is 9.17 Å². The molecule has 11 heavy (non-hydrogen) atoms. The topological polar surface area (TPSA) is 31.2 Å². The zero-order chi connectivity index (χ0) is 6.97. The smallest absolute Gasteiger partial charge is 0.576 e. The number of fused-ring (bicyclic) bond motifs is 1. The predicted octanol–water partition coefficient (Wildman–Crippen LogP) is -1.78. The normalized spacial score (nSPS) is 9.45. The molecule has 0 saturated heterocycles. The number of aromatic nitrogens is 1. The van der Waals surface area contributed by atoms with Gasteiger partial charge in [0.15, 0.2) is 0 Å². The quantitative estimate of drug-likeness (QED) is 0.423. The van der Waals surface area contributed by atoms with Gasteiger partial charge in [0.2, 0.25) is 0 Å². The number of benzene rings is 1. The van der Waals surface area contributed by atoms with Crippen molar-refractivity contribution in [2.75, 3.05) is 0 Å². The molecule has 0 aliphatic rings. The van der Waals surface area contributed by atoms with Crippen LogP contribution in [0.4, 0.5) is 0 Å². The number of nitrogens with zero attached hydrogens (tertiary/aromatic N) is 1. The second-order valence-corrected chi connectivity index (χ2v) is 2.79. The molecule has 0 unspecified atom stereocenters. The number of hydrogen-bond acceptors (Lipinski definition) is 2. The molecule has 50 valence electrons. The molecule has 0 fully saturated rings. The van der Waals surface area contributed by atoms with Crippen LogP contribution < -0.4 is 28.8 Å². The molecule has 0 spiro atoms. The number of hydrogen-bond donors (Lipinski definition) is 0. The van der Waals surface area contributed by atoms with Gasteiger partial charge in [-0.15, -0.1) is 0 Å². The summed E-state index contributed by atoms with van der Waals surface area (Å²) in [5.41, 5.74) is -0.111. The Bertz CT molecular complexity index is 406. The van der Waals surface area contributed by atoms with Crippen LogP contribution in [0.25, 0.3) is 10.1 Å². The first-order chi connectivity index (χ1) is 4.88. The molecule has 0 amide bonds. The molecule has 0 saturated carbocycles. The molecule has 0 atom stereocenters. The Morgan fingerprint density at radius 3 is 2.73 bits per heavy atom. The summed E-state index contributed by atoms with van der Waals surface area (Å²) in [5, 5.41) is 0.729. The SMILES string of the molecule is O=c1[n-]sc2ccccc12.[Li+]. The minimum absolute atomic E-state index is 0. The fourth-order valence-electron chi connectivity index (χ4n) is 0.863. The van der Waals surface area contributed by atoms with Crippen molar-refractivity contribution in [3.63, 3.8) is 0 Å². The van der Waals surface area contributed by atoms with Gasteiger partial charge in [-0.05, 0) is 6.07 Å². The number of rotatable bonds is 0. The average Bonchev–Trinajstić information content (AvgIpc) is 2.34. The van der Waals surface area contributed by atoms with E-state index in [4.69, 9.17) is 0 Å². The van der Waals surface area contributed by atoms with E-state index in [1.165, 1.54) is 11.5 Å². The summed E-state index contributed by atoms with van der Waals surface area (Å²) < 4.78 is 4.65. The van der Waals surface area contributed by atoms with Crippen LogP contribution in [-0.4, -0.2) is 0 Å². The van der Waals surface area contributed by atoms with Crippen molar-refractivity contribution in [1.29, 1.82) is 0 Å². The van der Waals surface area contributed by atoms with Crippen molar-refractivity contribution in [1.82, 2.24) is 4.37 Å². The first kappa shape index (κ1) is 8.60. The van der Waals surface area contributed by atoms with Gasteiger partial charge in [-0.1, -0.05) is 18.2 Å². The van der Waals surface area contributed by atoms with E-state index in [-0.39, 0.29) is 24.4 Å². The summed E-state index contributed by atoms with van der Waals surface area (Å²) in [4.78, 5) is 10.9. The van der Waals surface area contributed by atoms with Gasteiger partial charge in [0, 0.05) is 10.1 Å². The van der Waals surface area contributed by atoms with Crippen molar-refractivity contribution in [2.45, 2.75) is 0 Å². The molecular formula is C7H4LiNOS. The first-order valence-electron chi connectivity index (χ1n) is 2.89. The predicted molar refractivity (Wildman–Crippen MR) is 41.4 cm³/mol. The van der Waals surface area contributed by atoms with Crippen LogP contribution in [-0.2, 0) is 0 Å². The van der Waals surface area contributed by atoms with E-state index in [1.807, 2.05) is 18.2 Å². The van der Waals surface area contributed by atoms with Gasteiger partial charge in [-0.2, -0.15) is 0 Å². The van der Waals surface area contributed by atoms with Gasteiger partial charge in [-0.3, -0.25) is 11.5 Å². The second kappa shape index (κ2) is 3.27. The van der Waals surface area contributed by atoms with Gasteiger partial charge in [-0.25, -0.2) is 0 Å². The van der Waals surface area contributed by atoms with Crippen molar-refractivity contribution in [2.24, 2.45) is 0 Å². The molecule has 1 aromatic carbocycles. The molecule has 0 aliphatic carbocycles. The molecule has 1 aromatic heterocycles. The molecule has 2 aromatic rings. The third kappa shape index (κ3) is 1.41. The van der Waals surface area contributed by atoms with Crippen LogP contribution >= 0.6 is 11.5 Å². The Morgan fingerprint density at radius 1 is 1.27 bits per heavy atom. The Kier molecular flexibility index (Phi) is 2.56. The monoisotopic (exact) mass is 157 g/mol. The van der Waals surface area contributed by atoms with Crippen molar-refractivity contribution >= 4 is 21.6 Å². The standard InChI is InChI=1S/C7H5NOS.Li/c9-7-5-3-1-2-4-6(5)10-8-7;/h1-4H,(H,8,9);/q;+1/p-1. The van der Waals surface area contributed by atoms with E-state index < -0.39 is 0 Å². The summed E-state index contributed by atoms with van der Waals surface area (Å²) in [5.74, 6) is 0. The third-order valence-electron chi connectivity index (χ3n) is 1.34. The molecule has 0 aliphatic heterocycles. The molecule has 4 heteroatoms. The largest absolute Gasteiger partial charge is 1.00 e. The van der Waals surface area contributed by atoms with E-state index in [0.29, 0.717) is 0 Å². The molecule has 2 nitrogen and oxygen atoms in total. The summed E-state index contributed by atoms with van der Waals surface area (Å²) >= 11 is 1.25. The summed E-state index contributed by atoms with van der Waals surface area (Å²) in [6.07, 6.45) is 0. The maximum atomic E-state index is 10.9. The van der Waals surface area contributed by atoms with Crippen LogP contribution in [0.15, 0.2) is 29.1 Å². The van der Waals surface area contributed by atoms with E-state index in [2.05, 4.69) is 4.37 Å². The van der Waals surface area contributed by atoms with E-state index in [0.717, 1.165) is 10.1 Å². The van der Waals surface area contributed by atoms with Crippen LogP contribution in [0.5, 0.6) is 0 Å². The van der Waals surface area contributed by atoms with Gasteiger partial charge in [0.05, 0.1) is 5.56 Å². The summed E-state index contributed by atoms with van der Waals surface area (Å²) in [6.45, 7) is 0. The van der Waals surface area contributed by atoms with Gasteiger partial charge in [0.1, 0.15) is 0 Å². The Labute approximate surface area is 79.6 Å². The van der Waals surface area contributed by atoms with Crippen molar-refractivity contribution in [3.8, 4) is 0 Å². The van der Waals surface area contributed by atoms with E-state index in [1.54, 1.807) is 6.07 Å². The molecule has 2 rings (SSSR count). The van der Waals surface area contributed by atoms with Crippen molar-refractivity contribution in [3.05, 3.63) is 34.6 Å². The minimum Gasteiger partial charge on any atom is -0.576 e. The molecule has 0 bridgehead atoms. The Morgan fingerprint density at radius 2 is 2.00 bits per heavy atom. The average molecular weight is 157 g/mol. The third-order valence-corrected chi connectivity index (χ3v) is 2.15. The maximum Gasteiger partial charge on any atom is 1.00 e. The van der Waals surface area contributed by atoms with E-state index in [9.17, 15) is 4.79 Å². The summed E-state index contributed by atoms with van der Waals surface area (Å²) in [7, 11) is 0.